The Morgan fingerprint density at radius 2 is 1.84 bits per heavy atom. The Labute approximate surface area is 145 Å². The molecule has 2 aromatic carbocycles. The lowest BCUT2D eigenvalue weighted by molar-refractivity contribution is -0.384. The molecule has 2 aromatic rings. The topological polar surface area (TPSA) is 118 Å². The Kier molecular flexibility index (Phi) is 5.38. The molecule has 1 amide bonds. The van der Waals surface area contributed by atoms with Crippen LogP contribution in [0.4, 0.5) is 11.4 Å². The molecule has 0 unspecified atom stereocenters. The van der Waals surface area contributed by atoms with Crippen molar-refractivity contribution in [2.24, 2.45) is 0 Å². The minimum atomic E-state index is -3.40. The van der Waals surface area contributed by atoms with E-state index >= 15 is 0 Å². The van der Waals surface area contributed by atoms with Gasteiger partial charge in [-0.05, 0) is 30.7 Å². The molecule has 0 saturated carbocycles. The van der Waals surface area contributed by atoms with Gasteiger partial charge in [0.1, 0.15) is 0 Å². The molecule has 8 nitrogen and oxygen atoms in total. The Bertz CT molecular complexity index is 911. The molecule has 0 saturated heterocycles. The van der Waals surface area contributed by atoms with Crippen LogP contribution >= 0.6 is 0 Å². The van der Waals surface area contributed by atoms with Gasteiger partial charge in [-0.1, -0.05) is 18.2 Å². The van der Waals surface area contributed by atoms with Crippen LogP contribution in [0.1, 0.15) is 28.9 Å². The summed E-state index contributed by atoms with van der Waals surface area (Å²) in [5, 5.41) is 13.5. The number of nitro benzene ring substituents is 1. The molecule has 9 heteroatoms. The predicted molar refractivity (Wildman–Crippen MR) is 93.9 cm³/mol. The van der Waals surface area contributed by atoms with Crippen LogP contribution in [0.3, 0.4) is 0 Å². The summed E-state index contributed by atoms with van der Waals surface area (Å²) in [6, 6.07) is 11.6. The highest BCUT2D eigenvalue weighted by Gasteiger charge is 2.15. The van der Waals surface area contributed by atoms with Crippen molar-refractivity contribution in [3.63, 3.8) is 0 Å². The lowest BCUT2D eigenvalue weighted by atomic mass is 10.1. The van der Waals surface area contributed by atoms with Crippen LogP contribution in [0.2, 0.25) is 0 Å². The summed E-state index contributed by atoms with van der Waals surface area (Å²) < 4.78 is 25.0. The zero-order valence-electron chi connectivity index (χ0n) is 13.6. The number of rotatable bonds is 6. The molecule has 0 aliphatic rings. The number of benzene rings is 2. The van der Waals surface area contributed by atoms with E-state index in [0.717, 1.165) is 6.26 Å². The number of nitrogens with one attached hydrogen (secondary N) is 2. The molecule has 0 aliphatic carbocycles. The third kappa shape index (κ3) is 5.28. The third-order valence-electron chi connectivity index (χ3n) is 3.36. The van der Waals surface area contributed by atoms with E-state index in [1.54, 1.807) is 31.2 Å². The van der Waals surface area contributed by atoms with Gasteiger partial charge in [0.15, 0.2) is 0 Å². The van der Waals surface area contributed by atoms with Gasteiger partial charge in [-0.2, -0.15) is 0 Å². The molecule has 0 bridgehead atoms. The second-order valence-electron chi connectivity index (χ2n) is 5.50. The highest BCUT2D eigenvalue weighted by Crippen LogP contribution is 2.19. The van der Waals surface area contributed by atoms with Gasteiger partial charge in [-0.15, -0.1) is 0 Å². The van der Waals surface area contributed by atoms with E-state index < -0.39 is 26.9 Å². The second-order valence-corrected chi connectivity index (χ2v) is 7.25. The smallest absolute Gasteiger partial charge is 0.270 e. The summed E-state index contributed by atoms with van der Waals surface area (Å²) in [6.07, 6.45) is 1.05. The highest BCUT2D eigenvalue weighted by molar-refractivity contribution is 7.92. The summed E-state index contributed by atoms with van der Waals surface area (Å²) in [6.45, 7) is 1.73. The van der Waals surface area contributed by atoms with Gasteiger partial charge >= 0.3 is 0 Å². The molecule has 2 N–H and O–H groups in total. The SMILES string of the molecule is C[C@H](NC(=O)c1cccc([N+](=O)[O-])c1)c1cccc(NS(C)(=O)=O)c1. The number of nitrogens with zero attached hydrogens (tertiary/aromatic N) is 1. The molecule has 0 spiro atoms. The number of anilines is 1. The van der Waals surface area contributed by atoms with Crippen molar-refractivity contribution in [1.82, 2.24) is 5.32 Å². The van der Waals surface area contributed by atoms with E-state index in [1.165, 1.54) is 24.3 Å². The van der Waals surface area contributed by atoms with Crippen molar-refractivity contribution in [3.05, 3.63) is 69.8 Å². The van der Waals surface area contributed by atoms with Crippen LogP contribution in [-0.4, -0.2) is 25.5 Å². The van der Waals surface area contributed by atoms with Crippen LogP contribution < -0.4 is 10.0 Å². The lowest BCUT2D eigenvalue weighted by Crippen LogP contribution is -2.26. The van der Waals surface area contributed by atoms with E-state index in [4.69, 9.17) is 0 Å². The number of carbonyl (C=O) groups excluding carboxylic acids is 1. The first-order chi connectivity index (χ1) is 11.7. The Hall–Kier alpha value is -2.94. The molecule has 2 rings (SSSR count). The van der Waals surface area contributed by atoms with Gasteiger partial charge in [0.25, 0.3) is 11.6 Å². The fourth-order valence-corrected chi connectivity index (χ4v) is 2.76. The number of non-ortho nitro benzene ring substituents is 1. The Morgan fingerprint density at radius 3 is 2.48 bits per heavy atom. The summed E-state index contributed by atoms with van der Waals surface area (Å²) in [5.74, 6) is -0.460. The number of sulfonamides is 1. The Balaban J connectivity index is 2.15. The zero-order chi connectivity index (χ0) is 18.6. The van der Waals surface area contributed by atoms with Crippen molar-refractivity contribution >= 4 is 27.3 Å². The van der Waals surface area contributed by atoms with E-state index in [0.29, 0.717) is 11.3 Å². The molecule has 25 heavy (non-hydrogen) atoms. The third-order valence-corrected chi connectivity index (χ3v) is 3.96. The second kappa shape index (κ2) is 7.31. The summed E-state index contributed by atoms with van der Waals surface area (Å²) in [4.78, 5) is 22.5. The van der Waals surface area contributed by atoms with Crippen molar-refractivity contribution in [3.8, 4) is 0 Å². The minimum Gasteiger partial charge on any atom is -0.346 e. The lowest BCUT2D eigenvalue weighted by Gasteiger charge is -2.15. The molecule has 0 aliphatic heterocycles. The van der Waals surface area contributed by atoms with Crippen LogP contribution in [0.5, 0.6) is 0 Å². The average molecular weight is 363 g/mol. The number of hydrogen-bond acceptors (Lipinski definition) is 5. The number of hydrogen-bond donors (Lipinski definition) is 2. The minimum absolute atomic E-state index is 0.167. The predicted octanol–water partition coefficient (Wildman–Crippen LogP) is 2.46. The maximum absolute atomic E-state index is 12.3. The van der Waals surface area contributed by atoms with Crippen molar-refractivity contribution < 1.29 is 18.1 Å². The molecule has 0 radical (unpaired) electrons. The van der Waals surface area contributed by atoms with Crippen molar-refractivity contribution in [2.75, 3.05) is 11.0 Å². The number of nitro groups is 1. The molecular weight excluding hydrogens is 346 g/mol. The van der Waals surface area contributed by atoms with Crippen molar-refractivity contribution in [1.29, 1.82) is 0 Å². The van der Waals surface area contributed by atoms with Crippen molar-refractivity contribution in [2.45, 2.75) is 13.0 Å². The van der Waals surface area contributed by atoms with E-state index in [9.17, 15) is 23.3 Å². The maximum atomic E-state index is 12.3. The largest absolute Gasteiger partial charge is 0.346 e. The molecule has 0 heterocycles. The van der Waals surface area contributed by atoms with Gasteiger partial charge in [-0.25, -0.2) is 8.42 Å². The quantitative estimate of drug-likeness (QED) is 0.604. The normalized spacial score (nSPS) is 12.2. The zero-order valence-corrected chi connectivity index (χ0v) is 14.4. The monoisotopic (exact) mass is 363 g/mol. The first kappa shape index (κ1) is 18.4. The fourth-order valence-electron chi connectivity index (χ4n) is 2.21. The average Bonchev–Trinajstić information content (AvgIpc) is 2.53. The summed E-state index contributed by atoms with van der Waals surface area (Å²) >= 11 is 0. The van der Waals surface area contributed by atoms with Crippen LogP contribution in [0.15, 0.2) is 48.5 Å². The molecule has 0 fully saturated rings. The molecule has 1 atom stereocenters. The molecule has 0 aromatic heterocycles. The Morgan fingerprint density at radius 1 is 1.16 bits per heavy atom. The summed E-state index contributed by atoms with van der Waals surface area (Å²) in [5.41, 5.74) is 1.08. The maximum Gasteiger partial charge on any atom is 0.270 e. The molecule has 132 valence electrons. The van der Waals surface area contributed by atoms with Gasteiger partial charge in [-0.3, -0.25) is 19.6 Å². The van der Waals surface area contributed by atoms with Gasteiger partial charge in [0.2, 0.25) is 10.0 Å². The number of amides is 1. The first-order valence-electron chi connectivity index (χ1n) is 7.29. The van der Waals surface area contributed by atoms with Crippen LogP contribution in [0, 0.1) is 10.1 Å². The standard InChI is InChI=1S/C16H17N3O5S/c1-11(12-5-3-7-14(9-12)18-25(2,23)24)17-16(20)13-6-4-8-15(10-13)19(21)22/h3-11,18H,1-2H3,(H,17,20)/t11-/m0/s1. The van der Waals surface area contributed by atoms with Gasteiger partial charge in [0, 0.05) is 23.4 Å². The van der Waals surface area contributed by atoms with E-state index in [-0.39, 0.29) is 11.3 Å². The first-order valence-corrected chi connectivity index (χ1v) is 9.18. The van der Waals surface area contributed by atoms with Crippen LogP contribution in [-0.2, 0) is 10.0 Å². The number of carbonyl (C=O) groups is 1. The van der Waals surface area contributed by atoms with E-state index in [2.05, 4.69) is 10.0 Å². The van der Waals surface area contributed by atoms with Crippen LogP contribution in [0.25, 0.3) is 0 Å². The molecular formula is C16H17N3O5S. The van der Waals surface area contributed by atoms with Gasteiger partial charge in [0.05, 0.1) is 17.2 Å². The summed E-state index contributed by atoms with van der Waals surface area (Å²) in [7, 11) is -3.40. The van der Waals surface area contributed by atoms with E-state index in [1.807, 2.05) is 0 Å². The fraction of sp³-hybridized carbons (Fsp3) is 0.188. The highest BCUT2D eigenvalue weighted by atomic mass is 32.2. The van der Waals surface area contributed by atoms with Gasteiger partial charge < -0.3 is 5.32 Å².